The highest BCUT2D eigenvalue weighted by Crippen LogP contribution is 2.45. The van der Waals surface area contributed by atoms with Crippen molar-refractivity contribution in [1.29, 1.82) is 5.26 Å². The van der Waals surface area contributed by atoms with E-state index in [0.29, 0.717) is 5.92 Å². The Kier molecular flexibility index (Phi) is 1.04. The van der Waals surface area contributed by atoms with Crippen molar-refractivity contribution in [1.82, 2.24) is 4.98 Å². The average molecular weight is 132 g/mol. The van der Waals surface area contributed by atoms with Crippen LogP contribution in [0.15, 0.2) is 18.3 Å². The monoisotopic (exact) mass is 132 g/mol. The molecule has 50 valence electrons. The lowest BCUT2D eigenvalue weighted by atomic mass is 10.2. The summed E-state index contributed by atoms with van der Waals surface area (Å²) in [5, 5.41) is 8.51. The fraction of sp³-hybridized carbons (Fsp3) is 0.375. The highest BCUT2D eigenvalue weighted by molar-refractivity contribution is 5.22. The molecule has 1 aromatic rings. The molecule has 1 heterocycles. The number of aromatic amines is 1. The van der Waals surface area contributed by atoms with Gasteiger partial charge in [-0.15, -0.1) is 0 Å². The van der Waals surface area contributed by atoms with E-state index in [0.717, 1.165) is 6.42 Å². The van der Waals surface area contributed by atoms with E-state index in [4.69, 9.17) is 5.26 Å². The van der Waals surface area contributed by atoms with Crippen LogP contribution in [-0.2, 0) is 0 Å². The third-order valence-corrected chi connectivity index (χ3v) is 1.98. The van der Waals surface area contributed by atoms with Crippen LogP contribution in [0.1, 0.15) is 18.0 Å². The van der Waals surface area contributed by atoms with Crippen molar-refractivity contribution in [3.63, 3.8) is 0 Å². The largest absolute Gasteiger partial charge is 0.365 e. The minimum atomic E-state index is 0.277. The predicted molar refractivity (Wildman–Crippen MR) is 37.3 cm³/mol. The summed E-state index contributed by atoms with van der Waals surface area (Å²) in [6, 6.07) is 6.28. The maximum absolute atomic E-state index is 8.51. The van der Waals surface area contributed by atoms with Gasteiger partial charge in [-0.3, -0.25) is 0 Å². The molecule has 2 nitrogen and oxygen atoms in total. The Morgan fingerprint density at radius 3 is 3.10 bits per heavy atom. The molecule has 0 saturated heterocycles. The number of aromatic nitrogens is 1. The molecule has 0 aliphatic heterocycles. The molecule has 0 aromatic carbocycles. The van der Waals surface area contributed by atoms with Crippen LogP contribution in [0, 0.1) is 17.2 Å². The molecule has 2 heteroatoms. The van der Waals surface area contributed by atoms with Gasteiger partial charge in [-0.05, 0) is 18.6 Å². The Bertz CT molecular complexity index is 255. The van der Waals surface area contributed by atoms with Gasteiger partial charge in [0.05, 0.1) is 12.0 Å². The molecule has 1 aromatic heterocycles. The lowest BCUT2D eigenvalue weighted by Crippen LogP contribution is -1.78. The van der Waals surface area contributed by atoms with Crippen LogP contribution in [-0.4, -0.2) is 4.98 Å². The van der Waals surface area contributed by atoms with Gasteiger partial charge in [-0.2, -0.15) is 5.26 Å². The van der Waals surface area contributed by atoms with Gasteiger partial charge >= 0.3 is 0 Å². The van der Waals surface area contributed by atoms with E-state index in [9.17, 15) is 0 Å². The fourth-order valence-electron chi connectivity index (χ4n) is 1.26. The number of nitrogens with one attached hydrogen (secondary N) is 1. The van der Waals surface area contributed by atoms with E-state index in [1.165, 1.54) is 5.69 Å². The third kappa shape index (κ3) is 0.714. The van der Waals surface area contributed by atoms with Crippen LogP contribution >= 0.6 is 0 Å². The van der Waals surface area contributed by atoms with Crippen LogP contribution in [0.25, 0.3) is 0 Å². The van der Waals surface area contributed by atoms with Crippen molar-refractivity contribution in [3.8, 4) is 6.07 Å². The standard InChI is InChI=1S/C8H8N2/c9-5-6-4-7(6)8-2-1-3-10-8/h1-3,6-7,10H,4H2. The van der Waals surface area contributed by atoms with E-state index in [1.54, 1.807) is 0 Å². The lowest BCUT2D eigenvalue weighted by molar-refractivity contribution is 0.978. The van der Waals surface area contributed by atoms with Crippen LogP contribution in [0.5, 0.6) is 0 Å². The first-order valence-electron chi connectivity index (χ1n) is 3.44. The molecule has 0 spiro atoms. The predicted octanol–water partition coefficient (Wildman–Crippen LogP) is 1.64. The molecular weight excluding hydrogens is 124 g/mol. The Morgan fingerprint density at radius 1 is 1.70 bits per heavy atom. The number of nitrogens with zero attached hydrogens (tertiary/aromatic N) is 1. The van der Waals surface area contributed by atoms with Gasteiger partial charge in [0.25, 0.3) is 0 Å². The topological polar surface area (TPSA) is 39.6 Å². The number of hydrogen-bond acceptors (Lipinski definition) is 1. The van der Waals surface area contributed by atoms with Gasteiger partial charge in [-0.1, -0.05) is 0 Å². The quantitative estimate of drug-likeness (QED) is 0.620. The maximum atomic E-state index is 8.51. The second kappa shape index (κ2) is 1.88. The SMILES string of the molecule is N#CC1CC1c1ccc[nH]1. The molecule has 2 atom stereocenters. The Hall–Kier alpha value is -1.23. The molecule has 0 radical (unpaired) electrons. The van der Waals surface area contributed by atoms with Crippen molar-refractivity contribution < 1.29 is 0 Å². The number of rotatable bonds is 1. The van der Waals surface area contributed by atoms with Crippen LogP contribution in [0.4, 0.5) is 0 Å². The first-order valence-corrected chi connectivity index (χ1v) is 3.44. The minimum absolute atomic E-state index is 0.277. The van der Waals surface area contributed by atoms with Gasteiger partial charge in [0.15, 0.2) is 0 Å². The normalized spacial score (nSPS) is 29.5. The summed E-state index contributed by atoms with van der Waals surface area (Å²) >= 11 is 0. The highest BCUT2D eigenvalue weighted by atomic mass is 14.7. The van der Waals surface area contributed by atoms with Gasteiger partial charge in [0.1, 0.15) is 0 Å². The second-order valence-corrected chi connectivity index (χ2v) is 2.70. The van der Waals surface area contributed by atoms with Crippen molar-refractivity contribution in [3.05, 3.63) is 24.0 Å². The van der Waals surface area contributed by atoms with Crippen molar-refractivity contribution in [2.45, 2.75) is 12.3 Å². The molecular formula is C8H8N2. The summed E-state index contributed by atoms with van der Waals surface area (Å²) in [7, 11) is 0. The first-order chi connectivity index (χ1) is 4.92. The van der Waals surface area contributed by atoms with Gasteiger partial charge in [0, 0.05) is 17.8 Å². The molecule has 1 saturated carbocycles. The molecule has 2 unspecified atom stereocenters. The lowest BCUT2D eigenvalue weighted by Gasteiger charge is -1.87. The van der Waals surface area contributed by atoms with E-state index >= 15 is 0 Å². The smallest absolute Gasteiger partial charge is 0.0663 e. The molecule has 0 bridgehead atoms. The molecule has 1 aliphatic rings. The molecule has 1 aliphatic carbocycles. The molecule has 2 rings (SSSR count). The van der Waals surface area contributed by atoms with Crippen LogP contribution in [0.3, 0.4) is 0 Å². The summed E-state index contributed by atoms with van der Waals surface area (Å²) < 4.78 is 0. The van der Waals surface area contributed by atoms with E-state index < -0.39 is 0 Å². The molecule has 1 N–H and O–H groups in total. The van der Waals surface area contributed by atoms with Crippen molar-refractivity contribution in [2.24, 2.45) is 5.92 Å². The summed E-state index contributed by atoms with van der Waals surface area (Å²) in [4.78, 5) is 3.11. The summed E-state index contributed by atoms with van der Waals surface area (Å²) in [5.41, 5.74) is 1.21. The van der Waals surface area contributed by atoms with Gasteiger partial charge in [0.2, 0.25) is 0 Å². The van der Waals surface area contributed by atoms with Crippen LogP contribution < -0.4 is 0 Å². The second-order valence-electron chi connectivity index (χ2n) is 2.70. The average Bonchev–Trinajstić information content (AvgIpc) is 2.56. The first kappa shape index (κ1) is 5.55. The zero-order valence-corrected chi connectivity index (χ0v) is 5.54. The third-order valence-electron chi connectivity index (χ3n) is 1.98. The molecule has 10 heavy (non-hydrogen) atoms. The maximum Gasteiger partial charge on any atom is 0.0663 e. The zero-order chi connectivity index (χ0) is 6.97. The number of nitriles is 1. The van der Waals surface area contributed by atoms with E-state index in [-0.39, 0.29) is 5.92 Å². The van der Waals surface area contributed by atoms with E-state index in [2.05, 4.69) is 11.1 Å². The van der Waals surface area contributed by atoms with Crippen molar-refractivity contribution >= 4 is 0 Å². The van der Waals surface area contributed by atoms with E-state index in [1.807, 2.05) is 18.3 Å². The summed E-state index contributed by atoms with van der Waals surface area (Å²) in [5.74, 6) is 0.777. The molecule has 1 fully saturated rings. The Morgan fingerprint density at radius 2 is 2.60 bits per heavy atom. The number of H-pyrrole nitrogens is 1. The van der Waals surface area contributed by atoms with Gasteiger partial charge in [-0.25, -0.2) is 0 Å². The fourth-order valence-corrected chi connectivity index (χ4v) is 1.26. The van der Waals surface area contributed by atoms with Crippen LogP contribution in [0.2, 0.25) is 0 Å². The highest BCUT2D eigenvalue weighted by Gasteiger charge is 2.38. The zero-order valence-electron chi connectivity index (χ0n) is 5.54. The number of hydrogen-bond donors (Lipinski definition) is 1. The Balaban J connectivity index is 2.13. The summed E-state index contributed by atoms with van der Waals surface area (Å²) in [6.45, 7) is 0. The minimum Gasteiger partial charge on any atom is -0.365 e. The summed E-state index contributed by atoms with van der Waals surface area (Å²) in [6.07, 6.45) is 2.94. The molecule has 0 amide bonds. The van der Waals surface area contributed by atoms with Crippen molar-refractivity contribution in [2.75, 3.05) is 0 Å². The van der Waals surface area contributed by atoms with Gasteiger partial charge < -0.3 is 4.98 Å². The Labute approximate surface area is 59.5 Å².